The maximum Gasteiger partial charge on any atom is 0.0791 e. The number of aromatic nitrogens is 2. The van der Waals surface area contributed by atoms with Crippen LogP contribution in [0.3, 0.4) is 0 Å². The Labute approximate surface area is 102 Å². The standard InChI is InChI=1S/C12H12BrN3/c13-9-3-1-2-4-10(9)16-11(5-8-15-16)12(14)6-7-12/h1-5,8H,6-7,14H2. The molecule has 1 aromatic carbocycles. The maximum absolute atomic E-state index is 6.22. The van der Waals surface area contributed by atoms with Gasteiger partial charge < -0.3 is 5.73 Å². The fourth-order valence-electron chi connectivity index (χ4n) is 1.89. The van der Waals surface area contributed by atoms with E-state index < -0.39 is 0 Å². The van der Waals surface area contributed by atoms with Crippen LogP contribution in [0.5, 0.6) is 0 Å². The Morgan fingerprint density at radius 2 is 2.00 bits per heavy atom. The van der Waals surface area contributed by atoms with Gasteiger partial charge in [-0.1, -0.05) is 12.1 Å². The van der Waals surface area contributed by atoms with Gasteiger partial charge in [0.1, 0.15) is 0 Å². The summed E-state index contributed by atoms with van der Waals surface area (Å²) < 4.78 is 2.96. The lowest BCUT2D eigenvalue weighted by molar-refractivity contribution is 0.656. The van der Waals surface area contributed by atoms with Gasteiger partial charge in [-0.05, 0) is 47.0 Å². The lowest BCUT2D eigenvalue weighted by Crippen LogP contribution is -2.23. The van der Waals surface area contributed by atoms with E-state index in [0.717, 1.165) is 28.7 Å². The van der Waals surface area contributed by atoms with Crippen molar-refractivity contribution in [1.82, 2.24) is 9.78 Å². The number of para-hydroxylation sites is 1. The first kappa shape index (κ1) is 10.1. The van der Waals surface area contributed by atoms with Crippen LogP contribution in [0.25, 0.3) is 5.69 Å². The molecular weight excluding hydrogens is 266 g/mol. The summed E-state index contributed by atoms with van der Waals surface area (Å²) >= 11 is 3.54. The lowest BCUT2D eigenvalue weighted by Gasteiger charge is -2.13. The van der Waals surface area contributed by atoms with Gasteiger partial charge >= 0.3 is 0 Å². The minimum Gasteiger partial charge on any atom is -0.320 e. The summed E-state index contributed by atoms with van der Waals surface area (Å²) in [5.41, 5.74) is 8.20. The highest BCUT2D eigenvalue weighted by atomic mass is 79.9. The Morgan fingerprint density at radius 3 is 2.69 bits per heavy atom. The first-order valence-electron chi connectivity index (χ1n) is 5.29. The zero-order valence-electron chi connectivity index (χ0n) is 8.73. The first-order chi connectivity index (χ1) is 7.71. The van der Waals surface area contributed by atoms with Gasteiger partial charge in [-0.3, -0.25) is 0 Å². The van der Waals surface area contributed by atoms with Crippen molar-refractivity contribution in [3.63, 3.8) is 0 Å². The molecule has 2 N–H and O–H groups in total. The molecule has 0 aliphatic heterocycles. The van der Waals surface area contributed by atoms with E-state index in [1.165, 1.54) is 0 Å². The summed E-state index contributed by atoms with van der Waals surface area (Å²) in [6, 6.07) is 10.0. The SMILES string of the molecule is NC1(c2ccnn2-c2ccccc2Br)CC1. The zero-order valence-corrected chi connectivity index (χ0v) is 10.3. The highest BCUT2D eigenvalue weighted by molar-refractivity contribution is 9.10. The third kappa shape index (κ3) is 1.49. The van der Waals surface area contributed by atoms with Gasteiger partial charge in [0.05, 0.1) is 16.9 Å². The van der Waals surface area contributed by atoms with Gasteiger partial charge in [0.25, 0.3) is 0 Å². The van der Waals surface area contributed by atoms with Crippen LogP contribution in [-0.2, 0) is 5.54 Å². The van der Waals surface area contributed by atoms with Crippen LogP contribution in [0, 0.1) is 0 Å². The minimum atomic E-state index is -0.161. The third-order valence-corrected chi connectivity index (χ3v) is 3.69. The second-order valence-corrected chi connectivity index (χ2v) is 5.09. The molecule has 4 heteroatoms. The number of hydrogen-bond acceptors (Lipinski definition) is 2. The Hall–Kier alpha value is -1.13. The first-order valence-corrected chi connectivity index (χ1v) is 6.08. The molecule has 0 spiro atoms. The summed E-state index contributed by atoms with van der Waals surface area (Å²) in [6.07, 6.45) is 3.90. The summed E-state index contributed by atoms with van der Waals surface area (Å²) in [7, 11) is 0. The molecule has 1 saturated carbocycles. The van der Waals surface area contributed by atoms with Crippen LogP contribution in [-0.4, -0.2) is 9.78 Å². The molecule has 0 bridgehead atoms. The Balaban J connectivity index is 2.14. The normalized spacial score (nSPS) is 17.4. The number of nitrogens with zero attached hydrogens (tertiary/aromatic N) is 2. The molecule has 1 fully saturated rings. The van der Waals surface area contributed by atoms with Crippen molar-refractivity contribution >= 4 is 15.9 Å². The molecule has 0 unspecified atom stereocenters. The van der Waals surface area contributed by atoms with Crippen LogP contribution >= 0.6 is 15.9 Å². The molecule has 0 saturated heterocycles. The molecule has 3 rings (SSSR count). The molecule has 1 heterocycles. The number of halogens is 1. The number of benzene rings is 1. The van der Waals surface area contributed by atoms with E-state index in [1.807, 2.05) is 41.2 Å². The van der Waals surface area contributed by atoms with Gasteiger partial charge in [0.2, 0.25) is 0 Å². The molecule has 82 valence electrons. The average molecular weight is 278 g/mol. The van der Waals surface area contributed by atoms with Crippen LogP contribution in [0.1, 0.15) is 18.5 Å². The average Bonchev–Trinajstić information content (AvgIpc) is 2.84. The molecule has 1 aliphatic rings. The quantitative estimate of drug-likeness (QED) is 0.917. The second kappa shape index (κ2) is 3.43. The molecular formula is C12H12BrN3. The van der Waals surface area contributed by atoms with Crippen LogP contribution in [0.2, 0.25) is 0 Å². The summed E-state index contributed by atoms with van der Waals surface area (Å²) in [5.74, 6) is 0. The Bertz CT molecular complexity index is 529. The molecule has 0 radical (unpaired) electrons. The Kier molecular flexibility index (Phi) is 2.16. The summed E-state index contributed by atoms with van der Waals surface area (Å²) in [5, 5.41) is 4.36. The smallest absolute Gasteiger partial charge is 0.0791 e. The van der Waals surface area contributed by atoms with Gasteiger partial charge in [-0.15, -0.1) is 0 Å². The zero-order chi connectivity index (χ0) is 11.2. The molecule has 1 aliphatic carbocycles. The largest absolute Gasteiger partial charge is 0.320 e. The van der Waals surface area contributed by atoms with Gasteiger partial charge in [0, 0.05) is 10.7 Å². The van der Waals surface area contributed by atoms with Crippen molar-refractivity contribution in [2.45, 2.75) is 18.4 Å². The highest BCUT2D eigenvalue weighted by Gasteiger charge is 2.43. The predicted molar refractivity (Wildman–Crippen MR) is 66.4 cm³/mol. The Morgan fingerprint density at radius 1 is 1.25 bits per heavy atom. The monoisotopic (exact) mass is 277 g/mol. The van der Waals surface area contributed by atoms with Crippen LogP contribution in [0.15, 0.2) is 41.0 Å². The lowest BCUT2D eigenvalue weighted by atomic mass is 10.2. The van der Waals surface area contributed by atoms with E-state index >= 15 is 0 Å². The number of rotatable bonds is 2. The fourth-order valence-corrected chi connectivity index (χ4v) is 2.34. The van der Waals surface area contributed by atoms with Gasteiger partial charge in [0.15, 0.2) is 0 Å². The highest BCUT2D eigenvalue weighted by Crippen LogP contribution is 2.43. The van der Waals surface area contributed by atoms with E-state index in [-0.39, 0.29) is 5.54 Å². The van der Waals surface area contributed by atoms with Crippen molar-refractivity contribution in [2.75, 3.05) is 0 Å². The molecule has 16 heavy (non-hydrogen) atoms. The summed E-state index contributed by atoms with van der Waals surface area (Å²) in [4.78, 5) is 0. The van der Waals surface area contributed by atoms with Gasteiger partial charge in [-0.2, -0.15) is 5.10 Å². The second-order valence-electron chi connectivity index (χ2n) is 4.24. The molecule has 0 amide bonds. The van der Waals surface area contributed by atoms with Crippen LogP contribution < -0.4 is 5.73 Å². The predicted octanol–water partition coefficient (Wildman–Crippen LogP) is 2.58. The van der Waals surface area contributed by atoms with E-state index in [9.17, 15) is 0 Å². The van der Waals surface area contributed by atoms with Gasteiger partial charge in [-0.25, -0.2) is 4.68 Å². The van der Waals surface area contributed by atoms with Crippen molar-refractivity contribution < 1.29 is 0 Å². The third-order valence-electron chi connectivity index (χ3n) is 3.02. The van der Waals surface area contributed by atoms with E-state index in [4.69, 9.17) is 5.73 Å². The van der Waals surface area contributed by atoms with E-state index in [2.05, 4.69) is 21.0 Å². The van der Waals surface area contributed by atoms with E-state index in [1.54, 1.807) is 0 Å². The number of nitrogens with two attached hydrogens (primary N) is 1. The van der Waals surface area contributed by atoms with Crippen LogP contribution in [0.4, 0.5) is 0 Å². The summed E-state index contributed by atoms with van der Waals surface area (Å²) in [6.45, 7) is 0. The molecule has 3 nitrogen and oxygen atoms in total. The van der Waals surface area contributed by atoms with Crippen molar-refractivity contribution in [2.24, 2.45) is 5.73 Å². The van der Waals surface area contributed by atoms with Crippen molar-refractivity contribution in [1.29, 1.82) is 0 Å². The number of hydrogen-bond donors (Lipinski definition) is 1. The van der Waals surface area contributed by atoms with E-state index in [0.29, 0.717) is 0 Å². The maximum atomic E-state index is 6.22. The van der Waals surface area contributed by atoms with Crippen molar-refractivity contribution in [3.8, 4) is 5.69 Å². The molecule has 2 aromatic rings. The topological polar surface area (TPSA) is 43.8 Å². The van der Waals surface area contributed by atoms with Crippen molar-refractivity contribution in [3.05, 3.63) is 46.7 Å². The fraction of sp³-hybridized carbons (Fsp3) is 0.250. The minimum absolute atomic E-state index is 0.161. The molecule has 0 atom stereocenters. The molecule has 1 aromatic heterocycles.